The van der Waals surface area contributed by atoms with Crippen molar-refractivity contribution in [2.45, 2.75) is 26.2 Å². The van der Waals surface area contributed by atoms with E-state index in [0.29, 0.717) is 28.1 Å². The summed E-state index contributed by atoms with van der Waals surface area (Å²) in [6.45, 7) is 3.96. The summed E-state index contributed by atoms with van der Waals surface area (Å²) in [6.07, 6.45) is 2.59. The van der Waals surface area contributed by atoms with Gasteiger partial charge in [-0.25, -0.2) is 0 Å². The second kappa shape index (κ2) is 6.60. The lowest BCUT2D eigenvalue weighted by Gasteiger charge is -2.11. The van der Waals surface area contributed by atoms with E-state index in [2.05, 4.69) is 10.6 Å². The number of anilines is 1. The van der Waals surface area contributed by atoms with Gasteiger partial charge in [0.25, 0.3) is 0 Å². The Kier molecular flexibility index (Phi) is 5.08. The number of benzene rings is 1. The fraction of sp³-hybridized carbons (Fsp3) is 0.500. The third kappa shape index (κ3) is 4.10. The van der Waals surface area contributed by atoms with Crippen LogP contribution in [0.5, 0.6) is 0 Å². The average molecular weight is 301 g/mol. The quantitative estimate of drug-likeness (QED) is 0.891. The first kappa shape index (κ1) is 14.6. The van der Waals surface area contributed by atoms with Gasteiger partial charge in [0.2, 0.25) is 5.91 Å². The van der Waals surface area contributed by atoms with Crippen LogP contribution in [0.2, 0.25) is 10.0 Å². The van der Waals surface area contributed by atoms with E-state index in [4.69, 9.17) is 23.2 Å². The minimum absolute atomic E-state index is 0.00582. The Bertz CT molecular complexity index is 471. The van der Waals surface area contributed by atoms with Crippen molar-refractivity contribution in [2.75, 3.05) is 18.4 Å². The van der Waals surface area contributed by atoms with Crippen molar-refractivity contribution in [3.05, 3.63) is 27.7 Å². The summed E-state index contributed by atoms with van der Waals surface area (Å²) >= 11 is 12.1. The number of hydrogen-bond acceptors (Lipinski definition) is 2. The SMILES string of the molecule is Cc1cc(Cl)c(NC(=O)CCC2CCNC2)cc1Cl. The van der Waals surface area contributed by atoms with Crippen molar-refractivity contribution in [1.82, 2.24) is 5.32 Å². The highest BCUT2D eigenvalue weighted by atomic mass is 35.5. The van der Waals surface area contributed by atoms with Gasteiger partial charge in [0.05, 0.1) is 10.7 Å². The summed E-state index contributed by atoms with van der Waals surface area (Å²) in [4.78, 5) is 11.9. The second-order valence-electron chi connectivity index (χ2n) is 5.03. The molecule has 2 N–H and O–H groups in total. The summed E-state index contributed by atoms with van der Waals surface area (Å²) in [6, 6.07) is 3.47. The van der Waals surface area contributed by atoms with Gasteiger partial charge in [0.1, 0.15) is 0 Å². The smallest absolute Gasteiger partial charge is 0.224 e. The van der Waals surface area contributed by atoms with Crippen LogP contribution in [0.3, 0.4) is 0 Å². The lowest BCUT2D eigenvalue weighted by Crippen LogP contribution is -2.15. The maximum atomic E-state index is 11.9. The van der Waals surface area contributed by atoms with Crippen molar-refractivity contribution in [3.63, 3.8) is 0 Å². The summed E-state index contributed by atoms with van der Waals surface area (Å²) in [5, 5.41) is 7.26. The van der Waals surface area contributed by atoms with E-state index in [0.717, 1.165) is 31.5 Å². The zero-order chi connectivity index (χ0) is 13.8. The number of carbonyl (C=O) groups is 1. The fourth-order valence-electron chi connectivity index (χ4n) is 2.25. The Labute approximate surface area is 123 Å². The molecule has 0 spiro atoms. The van der Waals surface area contributed by atoms with Gasteiger partial charge in [-0.3, -0.25) is 4.79 Å². The number of aryl methyl sites for hydroxylation is 1. The van der Waals surface area contributed by atoms with Crippen molar-refractivity contribution in [3.8, 4) is 0 Å². The highest BCUT2D eigenvalue weighted by Gasteiger charge is 2.16. The lowest BCUT2D eigenvalue weighted by atomic mass is 10.0. The van der Waals surface area contributed by atoms with Crippen molar-refractivity contribution in [1.29, 1.82) is 0 Å². The molecular formula is C14H18Cl2N2O. The molecule has 1 fully saturated rings. The van der Waals surface area contributed by atoms with Crippen molar-refractivity contribution < 1.29 is 4.79 Å². The highest BCUT2D eigenvalue weighted by Crippen LogP contribution is 2.29. The third-order valence-corrected chi connectivity index (χ3v) is 4.18. The van der Waals surface area contributed by atoms with E-state index < -0.39 is 0 Å². The van der Waals surface area contributed by atoms with E-state index in [9.17, 15) is 4.79 Å². The summed E-state index contributed by atoms with van der Waals surface area (Å²) in [5.74, 6) is 0.608. The van der Waals surface area contributed by atoms with E-state index >= 15 is 0 Å². The molecule has 1 unspecified atom stereocenters. The molecule has 0 bridgehead atoms. The minimum Gasteiger partial charge on any atom is -0.325 e. The number of rotatable bonds is 4. The van der Waals surface area contributed by atoms with Crippen LogP contribution >= 0.6 is 23.2 Å². The van der Waals surface area contributed by atoms with Gasteiger partial charge >= 0.3 is 0 Å². The molecule has 19 heavy (non-hydrogen) atoms. The Morgan fingerprint density at radius 3 is 2.89 bits per heavy atom. The van der Waals surface area contributed by atoms with Gasteiger partial charge in [-0.15, -0.1) is 0 Å². The topological polar surface area (TPSA) is 41.1 Å². The first-order valence-electron chi connectivity index (χ1n) is 6.52. The predicted molar refractivity (Wildman–Crippen MR) is 80.0 cm³/mol. The minimum atomic E-state index is -0.00582. The van der Waals surface area contributed by atoms with E-state index in [1.807, 2.05) is 6.92 Å². The average Bonchev–Trinajstić information content (AvgIpc) is 2.86. The van der Waals surface area contributed by atoms with Gasteiger partial charge in [0, 0.05) is 11.4 Å². The number of hydrogen-bond donors (Lipinski definition) is 2. The van der Waals surface area contributed by atoms with E-state index in [1.165, 1.54) is 0 Å². The first-order chi connectivity index (χ1) is 9.06. The van der Waals surface area contributed by atoms with Crippen molar-refractivity contribution in [2.24, 2.45) is 5.92 Å². The molecule has 0 aliphatic carbocycles. The molecule has 1 aliphatic rings. The molecule has 5 heteroatoms. The molecule has 0 saturated carbocycles. The van der Waals surface area contributed by atoms with Gasteiger partial charge in [-0.1, -0.05) is 23.2 Å². The molecular weight excluding hydrogens is 283 g/mol. The molecule has 1 aromatic carbocycles. The molecule has 0 radical (unpaired) electrons. The Morgan fingerprint density at radius 2 is 2.21 bits per heavy atom. The Balaban J connectivity index is 1.89. The molecule has 0 aromatic heterocycles. The summed E-state index contributed by atoms with van der Waals surface area (Å²) in [7, 11) is 0. The van der Waals surface area contributed by atoms with Crippen LogP contribution in [-0.4, -0.2) is 19.0 Å². The molecule has 1 aromatic rings. The third-order valence-electron chi connectivity index (χ3n) is 3.46. The normalized spacial score (nSPS) is 18.6. The summed E-state index contributed by atoms with van der Waals surface area (Å²) in [5.41, 5.74) is 1.49. The van der Waals surface area contributed by atoms with Crippen LogP contribution in [0.15, 0.2) is 12.1 Å². The largest absolute Gasteiger partial charge is 0.325 e. The van der Waals surface area contributed by atoms with Crippen LogP contribution < -0.4 is 10.6 Å². The zero-order valence-electron chi connectivity index (χ0n) is 10.9. The van der Waals surface area contributed by atoms with Crippen LogP contribution in [0, 0.1) is 12.8 Å². The fourth-order valence-corrected chi connectivity index (χ4v) is 2.68. The van der Waals surface area contributed by atoms with Gasteiger partial charge in [-0.05, 0) is 56.5 Å². The standard InChI is InChI=1S/C14H18Cl2N2O/c1-9-6-12(16)13(7-11(9)15)18-14(19)3-2-10-4-5-17-8-10/h6-7,10,17H,2-5,8H2,1H3,(H,18,19). The van der Waals surface area contributed by atoms with Crippen molar-refractivity contribution >= 4 is 34.8 Å². The molecule has 1 aliphatic heterocycles. The van der Waals surface area contributed by atoms with Crippen LogP contribution in [-0.2, 0) is 4.79 Å². The Morgan fingerprint density at radius 1 is 1.42 bits per heavy atom. The lowest BCUT2D eigenvalue weighted by molar-refractivity contribution is -0.116. The number of carbonyl (C=O) groups excluding carboxylic acids is 1. The molecule has 3 nitrogen and oxygen atoms in total. The Hall–Kier alpha value is -0.770. The molecule has 1 atom stereocenters. The summed E-state index contributed by atoms with van der Waals surface area (Å²) < 4.78 is 0. The molecule has 1 heterocycles. The first-order valence-corrected chi connectivity index (χ1v) is 7.28. The maximum absolute atomic E-state index is 11.9. The second-order valence-corrected chi connectivity index (χ2v) is 5.84. The molecule has 1 saturated heterocycles. The highest BCUT2D eigenvalue weighted by molar-refractivity contribution is 6.36. The molecule has 2 rings (SSSR count). The number of halogens is 2. The van der Waals surface area contributed by atoms with Gasteiger partial charge in [-0.2, -0.15) is 0 Å². The maximum Gasteiger partial charge on any atom is 0.224 e. The van der Waals surface area contributed by atoms with Gasteiger partial charge < -0.3 is 10.6 Å². The predicted octanol–water partition coefficient (Wildman–Crippen LogP) is 3.63. The number of amides is 1. The van der Waals surface area contributed by atoms with E-state index in [1.54, 1.807) is 12.1 Å². The number of nitrogens with one attached hydrogen (secondary N) is 2. The van der Waals surface area contributed by atoms with Crippen LogP contribution in [0.4, 0.5) is 5.69 Å². The zero-order valence-corrected chi connectivity index (χ0v) is 12.4. The van der Waals surface area contributed by atoms with Crippen LogP contribution in [0.25, 0.3) is 0 Å². The van der Waals surface area contributed by atoms with Crippen LogP contribution in [0.1, 0.15) is 24.8 Å². The molecule has 1 amide bonds. The van der Waals surface area contributed by atoms with E-state index in [-0.39, 0.29) is 5.91 Å². The van der Waals surface area contributed by atoms with Gasteiger partial charge in [0.15, 0.2) is 0 Å². The molecule has 104 valence electrons. The monoisotopic (exact) mass is 300 g/mol.